The van der Waals surface area contributed by atoms with Crippen molar-refractivity contribution in [1.82, 2.24) is 4.57 Å². The molecule has 1 saturated heterocycles. The smallest absolute Gasteiger partial charge is 0.255 e. The zero-order chi connectivity index (χ0) is 17.4. The van der Waals surface area contributed by atoms with E-state index in [1.165, 1.54) is 12.8 Å². The fourth-order valence-corrected chi connectivity index (χ4v) is 3.87. The largest absolute Gasteiger partial charge is 0.371 e. The van der Waals surface area contributed by atoms with Crippen molar-refractivity contribution >= 4 is 5.69 Å². The van der Waals surface area contributed by atoms with Crippen molar-refractivity contribution < 1.29 is 4.39 Å². The number of pyridine rings is 1. The molecule has 25 heavy (non-hydrogen) atoms. The van der Waals surface area contributed by atoms with E-state index in [2.05, 4.69) is 4.90 Å². The molecule has 0 amide bonds. The van der Waals surface area contributed by atoms with Gasteiger partial charge in [0.2, 0.25) is 0 Å². The predicted octanol–water partition coefficient (Wildman–Crippen LogP) is 4.03. The van der Waals surface area contributed by atoms with Crippen LogP contribution in [-0.2, 0) is 12.2 Å². The molecule has 1 aromatic heterocycles. The maximum absolute atomic E-state index is 15.3. The van der Waals surface area contributed by atoms with E-state index in [1.54, 1.807) is 0 Å². The van der Waals surface area contributed by atoms with Crippen LogP contribution in [0.15, 0.2) is 47.4 Å². The molecule has 1 aliphatic carbocycles. The number of hydrogen-bond acceptors (Lipinski definition) is 2. The summed E-state index contributed by atoms with van der Waals surface area (Å²) < 4.78 is 17.1. The number of alkyl halides is 1. The van der Waals surface area contributed by atoms with E-state index in [1.807, 2.05) is 54.1 Å². The summed E-state index contributed by atoms with van der Waals surface area (Å²) in [6.45, 7) is 4.01. The van der Waals surface area contributed by atoms with Gasteiger partial charge < -0.3 is 9.47 Å². The highest BCUT2D eigenvalue weighted by atomic mass is 19.1. The Hall–Kier alpha value is -2.10. The molecule has 2 fully saturated rings. The van der Waals surface area contributed by atoms with Gasteiger partial charge in [0.05, 0.1) is 0 Å². The molecule has 1 saturated carbocycles. The van der Waals surface area contributed by atoms with E-state index < -0.39 is 5.67 Å². The second-order valence-corrected chi connectivity index (χ2v) is 7.55. The van der Waals surface area contributed by atoms with Gasteiger partial charge in [-0.25, -0.2) is 4.39 Å². The maximum atomic E-state index is 15.3. The fourth-order valence-electron chi connectivity index (χ4n) is 3.87. The Balaban J connectivity index is 1.51. The van der Waals surface area contributed by atoms with Gasteiger partial charge in [-0.15, -0.1) is 0 Å². The minimum atomic E-state index is -1.26. The summed E-state index contributed by atoms with van der Waals surface area (Å²) in [5, 5.41) is 0. The van der Waals surface area contributed by atoms with E-state index >= 15 is 4.39 Å². The summed E-state index contributed by atoms with van der Waals surface area (Å²) in [5.74, 6) is 0.677. The highest BCUT2D eigenvalue weighted by Crippen LogP contribution is 2.38. The molecule has 2 aliphatic rings. The van der Waals surface area contributed by atoms with Crippen molar-refractivity contribution in [2.75, 3.05) is 18.0 Å². The Morgan fingerprint density at radius 1 is 1.12 bits per heavy atom. The number of anilines is 1. The molecular weight excluding hydrogens is 315 g/mol. The van der Waals surface area contributed by atoms with E-state index in [4.69, 9.17) is 0 Å². The van der Waals surface area contributed by atoms with Crippen LogP contribution in [0.25, 0.3) is 0 Å². The second kappa shape index (κ2) is 6.32. The molecule has 4 rings (SSSR count). The Bertz CT molecular complexity index is 802. The molecule has 0 radical (unpaired) electrons. The molecule has 4 heteroatoms. The van der Waals surface area contributed by atoms with Crippen LogP contribution in [0.5, 0.6) is 0 Å². The van der Waals surface area contributed by atoms with Crippen molar-refractivity contribution in [3.8, 4) is 0 Å². The fraction of sp³-hybridized carbons (Fsp3) is 0.476. The van der Waals surface area contributed by atoms with Gasteiger partial charge in [-0.3, -0.25) is 4.79 Å². The highest BCUT2D eigenvalue weighted by Gasteiger charge is 2.36. The van der Waals surface area contributed by atoms with Gasteiger partial charge in [0, 0.05) is 49.9 Å². The van der Waals surface area contributed by atoms with E-state index in [9.17, 15) is 4.79 Å². The molecule has 2 aromatic rings. The number of aromatic nitrogens is 1. The number of benzene rings is 1. The first-order valence-corrected chi connectivity index (χ1v) is 9.26. The van der Waals surface area contributed by atoms with Gasteiger partial charge in [-0.1, -0.05) is 30.3 Å². The number of hydrogen-bond donors (Lipinski definition) is 0. The Morgan fingerprint density at radius 2 is 1.80 bits per heavy atom. The van der Waals surface area contributed by atoms with Gasteiger partial charge in [0.1, 0.15) is 5.67 Å². The minimum Gasteiger partial charge on any atom is -0.371 e. The molecule has 0 bridgehead atoms. The zero-order valence-corrected chi connectivity index (χ0v) is 14.7. The first-order valence-electron chi connectivity index (χ1n) is 9.26. The minimum absolute atomic E-state index is 0.101. The SMILES string of the molecule is Cc1c(N2CCC(F)(c3ccccc3)CC2)ccn(CC2CC2)c1=O. The molecule has 3 nitrogen and oxygen atoms in total. The third-order valence-corrected chi connectivity index (χ3v) is 5.72. The lowest BCUT2D eigenvalue weighted by atomic mass is 9.86. The first kappa shape index (κ1) is 16.4. The molecule has 2 heterocycles. The van der Waals surface area contributed by atoms with Crippen LogP contribution >= 0.6 is 0 Å². The summed E-state index contributed by atoms with van der Waals surface area (Å²) >= 11 is 0. The Morgan fingerprint density at radius 3 is 2.44 bits per heavy atom. The third-order valence-electron chi connectivity index (χ3n) is 5.72. The molecule has 1 aliphatic heterocycles. The predicted molar refractivity (Wildman–Crippen MR) is 98.8 cm³/mol. The van der Waals surface area contributed by atoms with Crippen LogP contribution in [0.4, 0.5) is 10.1 Å². The molecule has 1 aromatic carbocycles. The lowest BCUT2D eigenvalue weighted by molar-refractivity contribution is 0.125. The van der Waals surface area contributed by atoms with Crippen molar-refractivity contribution in [2.45, 2.75) is 44.8 Å². The molecule has 0 N–H and O–H groups in total. The lowest BCUT2D eigenvalue weighted by Gasteiger charge is -2.38. The summed E-state index contributed by atoms with van der Waals surface area (Å²) in [5.41, 5.74) is 1.37. The average Bonchev–Trinajstić information content (AvgIpc) is 3.45. The lowest BCUT2D eigenvalue weighted by Crippen LogP contribution is -2.41. The standard InChI is InChI=1S/C21H25FN2O/c1-16-19(9-12-24(20(16)25)15-17-7-8-17)23-13-10-21(22,11-14-23)18-5-3-2-4-6-18/h2-6,9,12,17H,7-8,10-11,13-15H2,1H3. The second-order valence-electron chi connectivity index (χ2n) is 7.55. The van der Waals surface area contributed by atoms with Crippen molar-refractivity contribution in [2.24, 2.45) is 5.92 Å². The van der Waals surface area contributed by atoms with Crippen molar-refractivity contribution in [1.29, 1.82) is 0 Å². The summed E-state index contributed by atoms with van der Waals surface area (Å²) in [4.78, 5) is 14.8. The van der Waals surface area contributed by atoms with Crippen LogP contribution in [0.3, 0.4) is 0 Å². The summed E-state index contributed by atoms with van der Waals surface area (Å²) in [6, 6.07) is 11.5. The molecular formula is C21H25FN2O. The molecule has 132 valence electrons. The van der Waals surface area contributed by atoms with Crippen LogP contribution in [0.2, 0.25) is 0 Å². The third kappa shape index (κ3) is 3.22. The van der Waals surface area contributed by atoms with Gasteiger partial charge in [-0.05, 0) is 37.3 Å². The monoisotopic (exact) mass is 340 g/mol. The first-order chi connectivity index (χ1) is 12.1. The van der Waals surface area contributed by atoms with E-state index in [0.29, 0.717) is 31.8 Å². The number of nitrogens with zero attached hydrogens (tertiary/aromatic N) is 2. The molecule has 0 unspecified atom stereocenters. The molecule has 0 spiro atoms. The Labute approximate surface area is 148 Å². The van der Waals surface area contributed by atoms with Gasteiger partial charge >= 0.3 is 0 Å². The highest BCUT2D eigenvalue weighted by molar-refractivity contribution is 5.52. The van der Waals surface area contributed by atoms with Crippen LogP contribution in [0, 0.1) is 12.8 Å². The van der Waals surface area contributed by atoms with Gasteiger partial charge in [0.15, 0.2) is 0 Å². The summed E-state index contributed by atoms with van der Waals surface area (Å²) in [7, 11) is 0. The topological polar surface area (TPSA) is 25.2 Å². The zero-order valence-electron chi connectivity index (χ0n) is 14.7. The summed E-state index contributed by atoms with van der Waals surface area (Å²) in [6.07, 6.45) is 5.30. The van der Waals surface area contributed by atoms with Gasteiger partial charge in [-0.2, -0.15) is 0 Å². The van der Waals surface area contributed by atoms with Crippen LogP contribution in [-0.4, -0.2) is 17.7 Å². The van der Waals surface area contributed by atoms with Gasteiger partial charge in [0.25, 0.3) is 5.56 Å². The number of piperidine rings is 1. The van der Waals surface area contributed by atoms with Crippen molar-refractivity contribution in [3.05, 3.63) is 64.1 Å². The Kier molecular flexibility index (Phi) is 4.14. The normalized spacial score (nSPS) is 19.8. The van der Waals surface area contributed by atoms with Crippen molar-refractivity contribution in [3.63, 3.8) is 0 Å². The van der Waals surface area contributed by atoms with Crippen LogP contribution in [0.1, 0.15) is 36.8 Å². The number of halogens is 1. The van der Waals surface area contributed by atoms with E-state index in [0.717, 1.165) is 23.4 Å². The maximum Gasteiger partial charge on any atom is 0.255 e. The average molecular weight is 340 g/mol. The van der Waals surface area contributed by atoms with E-state index in [-0.39, 0.29) is 5.56 Å². The van der Waals surface area contributed by atoms with Crippen LogP contribution < -0.4 is 10.5 Å². The number of rotatable bonds is 4. The quantitative estimate of drug-likeness (QED) is 0.839. The molecule has 0 atom stereocenters.